The second-order valence-electron chi connectivity index (χ2n) is 6.01. The number of amides is 2. The Balaban J connectivity index is 1.59. The molecular weight excluding hydrogens is 296 g/mol. The first-order valence-electron chi connectivity index (χ1n) is 7.77. The number of nitrogens with two attached hydrogens (primary N) is 1. The van der Waals surface area contributed by atoms with Crippen molar-refractivity contribution in [3.8, 4) is 0 Å². The molecule has 2 atom stereocenters. The normalized spacial score (nSPS) is 25.3. The zero-order valence-electron chi connectivity index (χ0n) is 13.2. The van der Waals surface area contributed by atoms with Crippen molar-refractivity contribution in [3.05, 3.63) is 29.8 Å². The van der Waals surface area contributed by atoms with Crippen molar-refractivity contribution in [1.29, 1.82) is 0 Å². The van der Waals surface area contributed by atoms with Crippen molar-refractivity contribution in [2.24, 2.45) is 5.73 Å². The Labute approximate surface area is 135 Å². The molecule has 0 saturated carbocycles. The lowest BCUT2D eigenvalue weighted by Gasteiger charge is -2.27. The average Bonchev–Trinajstić information content (AvgIpc) is 2.79. The Kier molecular flexibility index (Phi) is 4.61. The third-order valence-corrected chi connectivity index (χ3v) is 4.32. The molecule has 7 nitrogen and oxygen atoms in total. The lowest BCUT2D eigenvalue weighted by atomic mass is 10.1. The van der Waals surface area contributed by atoms with Crippen LogP contribution in [-0.2, 0) is 20.9 Å². The van der Waals surface area contributed by atoms with Crippen LogP contribution in [0.5, 0.6) is 0 Å². The van der Waals surface area contributed by atoms with E-state index in [4.69, 9.17) is 10.5 Å². The van der Waals surface area contributed by atoms with Gasteiger partial charge in [0.2, 0.25) is 5.91 Å². The highest BCUT2D eigenvalue weighted by molar-refractivity contribution is 5.94. The van der Waals surface area contributed by atoms with Gasteiger partial charge in [-0.25, -0.2) is 0 Å². The highest BCUT2D eigenvalue weighted by Crippen LogP contribution is 2.18. The molecule has 0 spiro atoms. The molecule has 3 rings (SSSR count). The van der Waals surface area contributed by atoms with Crippen molar-refractivity contribution >= 4 is 17.5 Å². The van der Waals surface area contributed by atoms with Crippen LogP contribution in [0.4, 0.5) is 5.69 Å². The number of morpholine rings is 1. The van der Waals surface area contributed by atoms with Crippen LogP contribution in [0, 0.1) is 0 Å². The molecule has 2 amide bonds. The van der Waals surface area contributed by atoms with Gasteiger partial charge in [-0.2, -0.15) is 0 Å². The number of carbonyl (C=O) groups excluding carboxylic acids is 2. The van der Waals surface area contributed by atoms with E-state index in [1.165, 1.54) is 0 Å². The summed E-state index contributed by atoms with van der Waals surface area (Å²) in [7, 11) is 1.76. The molecule has 1 aromatic carbocycles. The number of ether oxygens (including phenoxy) is 1. The molecule has 2 aliphatic heterocycles. The molecule has 0 aromatic heterocycles. The number of rotatable bonds is 4. The third-order valence-electron chi connectivity index (χ3n) is 4.32. The minimum Gasteiger partial charge on any atom is -0.370 e. The van der Waals surface area contributed by atoms with E-state index in [1.807, 2.05) is 24.3 Å². The van der Waals surface area contributed by atoms with E-state index >= 15 is 0 Å². The Bertz CT molecular complexity index is 589. The topological polar surface area (TPSA) is 87.9 Å². The van der Waals surface area contributed by atoms with E-state index in [0.717, 1.165) is 11.3 Å². The van der Waals surface area contributed by atoms with Gasteiger partial charge in [-0.05, 0) is 17.7 Å². The first kappa shape index (κ1) is 15.9. The number of hydrogen-bond acceptors (Lipinski definition) is 5. The molecular formula is C16H22N4O3. The number of benzene rings is 1. The summed E-state index contributed by atoms with van der Waals surface area (Å²) < 4.78 is 5.13. The van der Waals surface area contributed by atoms with Crippen LogP contribution in [0.3, 0.4) is 0 Å². The van der Waals surface area contributed by atoms with Gasteiger partial charge in [0.15, 0.2) is 0 Å². The van der Waals surface area contributed by atoms with E-state index in [1.54, 1.807) is 16.8 Å². The van der Waals surface area contributed by atoms with Gasteiger partial charge in [0.1, 0.15) is 12.6 Å². The lowest BCUT2D eigenvalue weighted by Crippen LogP contribution is -2.46. The van der Waals surface area contributed by atoms with Gasteiger partial charge < -0.3 is 25.6 Å². The van der Waals surface area contributed by atoms with Crippen LogP contribution in [0.25, 0.3) is 0 Å². The van der Waals surface area contributed by atoms with Crippen molar-refractivity contribution in [2.45, 2.75) is 18.6 Å². The second-order valence-corrected chi connectivity index (χ2v) is 6.01. The molecule has 7 heteroatoms. The van der Waals surface area contributed by atoms with Crippen molar-refractivity contribution in [3.63, 3.8) is 0 Å². The van der Waals surface area contributed by atoms with Crippen LogP contribution in [0.1, 0.15) is 5.56 Å². The van der Waals surface area contributed by atoms with Gasteiger partial charge >= 0.3 is 0 Å². The number of likely N-dealkylation sites (tertiary alicyclic amines) is 1. The van der Waals surface area contributed by atoms with E-state index in [2.05, 4.69) is 5.32 Å². The molecule has 0 radical (unpaired) electrons. The summed E-state index contributed by atoms with van der Waals surface area (Å²) in [5.41, 5.74) is 7.90. The van der Waals surface area contributed by atoms with Crippen LogP contribution < -0.4 is 16.0 Å². The fraction of sp³-hybridized carbons (Fsp3) is 0.500. The number of anilines is 1. The highest BCUT2D eigenvalue weighted by atomic mass is 16.5. The first-order valence-corrected chi connectivity index (χ1v) is 7.77. The van der Waals surface area contributed by atoms with Crippen LogP contribution in [0.15, 0.2) is 24.3 Å². The summed E-state index contributed by atoms with van der Waals surface area (Å²) in [4.78, 5) is 27.2. The maximum Gasteiger partial charge on any atom is 0.253 e. The Morgan fingerprint density at radius 3 is 2.65 bits per heavy atom. The first-order chi connectivity index (χ1) is 11.1. The van der Waals surface area contributed by atoms with E-state index < -0.39 is 0 Å². The van der Waals surface area contributed by atoms with Crippen molar-refractivity contribution in [2.75, 3.05) is 38.3 Å². The van der Waals surface area contributed by atoms with E-state index in [-0.39, 0.29) is 30.5 Å². The van der Waals surface area contributed by atoms with E-state index in [0.29, 0.717) is 26.2 Å². The average molecular weight is 318 g/mol. The van der Waals surface area contributed by atoms with Gasteiger partial charge in [0.25, 0.3) is 5.91 Å². The molecule has 2 heterocycles. The summed E-state index contributed by atoms with van der Waals surface area (Å²) in [5, 5.41) is 3.22. The standard InChI is InChI=1S/C16H22N4O3/c1-19-9-13(17)15(16(19)22)18-8-11-2-4-12(5-3-11)20-6-7-23-10-14(20)21/h2-5,13,15,18H,6-10,17H2,1H3. The zero-order valence-corrected chi connectivity index (χ0v) is 13.2. The highest BCUT2D eigenvalue weighted by Gasteiger charge is 2.35. The predicted molar refractivity (Wildman–Crippen MR) is 85.9 cm³/mol. The fourth-order valence-corrected chi connectivity index (χ4v) is 2.98. The maximum atomic E-state index is 12.0. The maximum absolute atomic E-state index is 12.0. The molecule has 1 aromatic rings. The van der Waals surface area contributed by atoms with Crippen LogP contribution >= 0.6 is 0 Å². The minimum absolute atomic E-state index is 0.0207. The minimum atomic E-state index is -0.333. The number of nitrogens with zero attached hydrogens (tertiary/aromatic N) is 2. The molecule has 0 aliphatic carbocycles. The molecule has 124 valence electrons. The molecule has 0 bridgehead atoms. The molecule has 2 saturated heterocycles. The van der Waals surface area contributed by atoms with Crippen molar-refractivity contribution < 1.29 is 14.3 Å². The molecule has 23 heavy (non-hydrogen) atoms. The van der Waals surface area contributed by atoms with Gasteiger partial charge in [-0.3, -0.25) is 9.59 Å². The van der Waals surface area contributed by atoms with E-state index in [9.17, 15) is 9.59 Å². The predicted octanol–water partition coefficient (Wildman–Crippen LogP) is -0.693. The van der Waals surface area contributed by atoms with Crippen LogP contribution in [-0.4, -0.2) is 62.1 Å². The summed E-state index contributed by atoms with van der Waals surface area (Å²) in [5.74, 6) is 0.0146. The van der Waals surface area contributed by atoms with Gasteiger partial charge in [0, 0.05) is 38.4 Å². The molecule has 2 unspecified atom stereocenters. The smallest absolute Gasteiger partial charge is 0.253 e. The second kappa shape index (κ2) is 6.66. The Hall–Kier alpha value is -1.96. The Morgan fingerprint density at radius 2 is 2.04 bits per heavy atom. The molecule has 2 aliphatic rings. The zero-order chi connectivity index (χ0) is 16.4. The molecule has 2 fully saturated rings. The largest absolute Gasteiger partial charge is 0.370 e. The van der Waals surface area contributed by atoms with Gasteiger partial charge in [0.05, 0.1) is 6.61 Å². The third kappa shape index (κ3) is 3.36. The summed E-state index contributed by atoms with van der Waals surface area (Å²) in [6.07, 6.45) is 0. The number of hydrogen-bond donors (Lipinski definition) is 2. The van der Waals surface area contributed by atoms with Gasteiger partial charge in [-0.15, -0.1) is 0 Å². The molecule has 3 N–H and O–H groups in total. The summed E-state index contributed by atoms with van der Waals surface area (Å²) in [6, 6.07) is 7.24. The number of carbonyl (C=O) groups is 2. The number of likely N-dealkylation sites (N-methyl/N-ethyl adjacent to an activating group) is 1. The monoisotopic (exact) mass is 318 g/mol. The SMILES string of the molecule is CN1CC(N)C(NCc2ccc(N3CCOCC3=O)cc2)C1=O. The number of nitrogens with one attached hydrogen (secondary N) is 1. The summed E-state index contributed by atoms with van der Waals surface area (Å²) >= 11 is 0. The quantitative estimate of drug-likeness (QED) is 0.767. The van der Waals surface area contributed by atoms with Crippen LogP contribution in [0.2, 0.25) is 0 Å². The lowest BCUT2D eigenvalue weighted by molar-refractivity contribution is -0.128. The van der Waals surface area contributed by atoms with Gasteiger partial charge in [-0.1, -0.05) is 12.1 Å². The van der Waals surface area contributed by atoms with Crippen molar-refractivity contribution in [1.82, 2.24) is 10.2 Å². The summed E-state index contributed by atoms with van der Waals surface area (Å²) in [6.45, 7) is 2.42. The Morgan fingerprint density at radius 1 is 1.30 bits per heavy atom. The fourth-order valence-electron chi connectivity index (χ4n) is 2.98.